The Balaban J connectivity index is 2.09. The second-order valence-corrected chi connectivity index (χ2v) is 6.40. The van der Waals surface area contributed by atoms with Gasteiger partial charge in [0.25, 0.3) is 0 Å². The average Bonchev–Trinajstić information content (AvgIpc) is 2.15. The highest BCUT2D eigenvalue weighted by atomic mass is 79.9. The maximum absolute atomic E-state index is 11.9. The molecule has 1 fully saturated rings. The number of hydrogen-bond acceptors (Lipinski definition) is 3. The van der Waals surface area contributed by atoms with Gasteiger partial charge in [0.2, 0.25) is 10.0 Å². The Bertz CT molecular complexity index is 471. The van der Waals surface area contributed by atoms with Crippen molar-refractivity contribution in [2.24, 2.45) is 5.92 Å². The molecule has 0 bridgehead atoms. The summed E-state index contributed by atoms with van der Waals surface area (Å²) in [6.45, 7) is 2.27. The molecule has 88 valence electrons. The molecule has 6 heteroatoms. The molecule has 0 atom stereocenters. The van der Waals surface area contributed by atoms with Crippen molar-refractivity contribution in [3.05, 3.63) is 28.7 Å². The minimum absolute atomic E-state index is 0.294. The van der Waals surface area contributed by atoms with Crippen molar-refractivity contribution in [2.75, 3.05) is 19.6 Å². The van der Waals surface area contributed by atoms with Crippen LogP contribution in [0.1, 0.15) is 0 Å². The van der Waals surface area contributed by atoms with Crippen LogP contribution in [0.4, 0.5) is 0 Å². The van der Waals surface area contributed by atoms with Crippen LogP contribution in [0, 0.1) is 5.92 Å². The van der Waals surface area contributed by atoms with Gasteiger partial charge in [0.1, 0.15) is 0 Å². The first-order valence-corrected chi connectivity index (χ1v) is 7.32. The molecule has 1 saturated heterocycles. The molecule has 2 N–H and O–H groups in total. The van der Waals surface area contributed by atoms with Crippen LogP contribution in [0.25, 0.3) is 0 Å². The second-order valence-electron chi connectivity index (χ2n) is 3.81. The standard InChI is InChI=1S/C10H13BrN2O2S/c11-9-3-1-2-4-10(9)16(14,15)13-7-8-5-12-6-8/h1-4,8,12-13H,5-7H2. The van der Waals surface area contributed by atoms with Crippen molar-refractivity contribution in [1.29, 1.82) is 0 Å². The number of nitrogens with one attached hydrogen (secondary N) is 2. The first-order chi connectivity index (χ1) is 7.59. The van der Waals surface area contributed by atoms with Crippen molar-refractivity contribution in [2.45, 2.75) is 4.90 Å². The van der Waals surface area contributed by atoms with Crippen molar-refractivity contribution >= 4 is 26.0 Å². The molecule has 1 aliphatic heterocycles. The average molecular weight is 305 g/mol. The Labute approximate surface area is 104 Å². The molecule has 0 radical (unpaired) electrons. The predicted molar refractivity (Wildman–Crippen MR) is 65.7 cm³/mol. The number of rotatable bonds is 4. The number of halogens is 1. The van der Waals surface area contributed by atoms with Crippen LogP contribution in [-0.2, 0) is 10.0 Å². The molecule has 0 amide bonds. The summed E-state index contributed by atoms with van der Waals surface area (Å²) in [6, 6.07) is 6.81. The first-order valence-electron chi connectivity index (χ1n) is 5.04. The van der Waals surface area contributed by atoms with Crippen LogP contribution < -0.4 is 10.0 Å². The Morgan fingerprint density at radius 3 is 2.62 bits per heavy atom. The van der Waals surface area contributed by atoms with E-state index in [1.165, 1.54) is 0 Å². The van der Waals surface area contributed by atoms with Crippen LogP contribution in [0.3, 0.4) is 0 Å². The molecule has 1 heterocycles. The van der Waals surface area contributed by atoms with Crippen molar-refractivity contribution in [1.82, 2.24) is 10.0 Å². The van der Waals surface area contributed by atoms with Crippen molar-refractivity contribution in [3.63, 3.8) is 0 Å². The zero-order valence-electron chi connectivity index (χ0n) is 8.61. The van der Waals surface area contributed by atoms with Gasteiger partial charge in [-0.25, -0.2) is 13.1 Å². The Kier molecular flexibility index (Phi) is 3.63. The lowest BCUT2D eigenvalue weighted by molar-refractivity contribution is 0.347. The molecule has 0 aliphatic carbocycles. The fraction of sp³-hybridized carbons (Fsp3) is 0.400. The van der Waals surface area contributed by atoms with E-state index in [2.05, 4.69) is 26.0 Å². The molecule has 1 aromatic carbocycles. The van der Waals surface area contributed by atoms with E-state index in [0.717, 1.165) is 13.1 Å². The van der Waals surface area contributed by atoms with E-state index in [9.17, 15) is 8.42 Å². The largest absolute Gasteiger partial charge is 0.316 e. The molecule has 4 nitrogen and oxygen atoms in total. The lowest BCUT2D eigenvalue weighted by Crippen LogP contribution is -2.48. The maximum atomic E-state index is 11.9. The van der Waals surface area contributed by atoms with Gasteiger partial charge >= 0.3 is 0 Å². The molecule has 0 unspecified atom stereocenters. The van der Waals surface area contributed by atoms with Gasteiger partial charge in [-0.15, -0.1) is 0 Å². The summed E-state index contributed by atoms with van der Waals surface area (Å²) < 4.78 is 27.1. The van der Waals surface area contributed by atoms with Gasteiger partial charge in [0, 0.05) is 24.1 Å². The van der Waals surface area contributed by atoms with E-state index >= 15 is 0 Å². The van der Waals surface area contributed by atoms with Gasteiger partial charge < -0.3 is 5.32 Å². The quantitative estimate of drug-likeness (QED) is 0.871. The van der Waals surface area contributed by atoms with E-state index < -0.39 is 10.0 Å². The van der Waals surface area contributed by atoms with E-state index in [-0.39, 0.29) is 0 Å². The van der Waals surface area contributed by atoms with Crippen LogP contribution in [-0.4, -0.2) is 28.1 Å². The number of benzene rings is 1. The lowest BCUT2D eigenvalue weighted by Gasteiger charge is -2.27. The van der Waals surface area contributed by atoms with Crippen LogP contribution >= 0.6 is 15.9 Å². The fourth-order valence-corrected chi connectivity index (χ4v) is 3.58. The fourth-order valence-electron chi connectivity index (χ4n) is 1.46. The molecule has 1 aliphatic rings. The Morgan fingerprint density at radius 2 is 2.06 bits per heavy atom. The normalized spacial score (nSPS) is 17.1. The Hall–Kier alpha value is -0.430. The lowest BCUT2D eigenvalue weighted by atomic mass is 10.1. The number of sulfonamides is 1. The molecule has 0 spiro atoms. The molecule has 2 rings (SSSR count). The molecular weight excluding hydrogens is 292 g/mol. The molecule has 0 aromatic heterocycles. The summed E-state index contributed by atoms with van der Waals surface area (Å²) in [6.07, 6.45) is 0. The van der Waals surface area contributed by atoms with Crippen molar-refractivity contribution < 1.29 is 8.42 Å². The summed E-state index contributed by atoms with van der Waals surface area (Å²) in [5.41, 5.74) is 0. The molecule has 0 saturated carbocycles. The van der Waals surface area contributed by atoms with E-state index in [4.69, 9.17) is 0 Å². The SMILES string of the molecule is O=S(=O)(NCC1CNC1)c1ccccc1Br. The third-order valence-electron chi connectivity index (χ3n) is 2.55. The number of hydrogen-bond donors (Lipinski definition) is 2. The topological polar surface area (TPSA) is 58.2 Å². The first kappa shape index (κ1) is 12.0. The Morgan fingerprint density at radius 1 is 1.38 bits per heavy atom. The van der Waals surface area contributed by atoms with Gasteiger partial charge in [-0.3, -0.25) is 0 Å². The van der Waals surface area contributed by atoms with Gasteiger partial charge in [0.15, 0.2) is 0 Å². The van der Waals surface area contributed by atoms with E-state index in [1.807, 2.05) is 0 Å². The monoisotopic (exact) mass is 304 g/mol. The highest BCUT2D eigenvalue weighted by Crippen LogP contribution is 2.20. The molecular formula is C10H13BrN2O2S. The molecule has 1 aromatic rings. The summed E-state index contributed by atoms with van der Waals surface area (Å²) >= 11 is 3.24. The van der Waals surface area contributed by atoms with E-state index in [0.29, 0.717) is 21.8 Å². The van der Waals surface area contributed by atoms with Crippen LogP contribution in [0.15, 0.2) is 33.6 Å². The highest BCUT2D eigenvalue weighted by Gasteiger charge is 2.21. The van der Waals surface area contributed by atoms with Gasteiger partial charge in [-0.2, -0.15) is 0 Å². The summed E-state index contributed by atoms with van der Waals surface area (Å²) in [5.74, 6) is 0.414. The zero-order valence-corrected chi connectivity index (χ0v) is 11.0. The van der Waals surface area contributed by atoms with E-state index in [1.54, 1.807) is 24.3 Å². The van der Waals surface area contributed by atoms with Gasteiger partial charge in [-0.1, -0.05) is 12.1 Å². The van der Waals surface area contributed by atoms with Crippen LogP contribution in [0.2, 0.25) is 0 Å². The smallest absolute Gasteiger partial charge is 0.241 e. The second kappa shape index (κ2) is 4.83. The highest BCUT2D eigenvalue weighted by molar-refractivity contribution is 9.10. The summed E-state index contributed by atoms with van der Waals surface area (Å²) in [5, 5.41) is 3.10. The van der Waals surface area contributed by atoms with Gasteiger partial charge in [-0.05, 0) is 34.0 Å². The van der Waals surface area contributed by atoms with Gasteiger partial charge in [0.05, 0.1) is 4.90 Å². The minimum atomic E-state index is -3.39. The minimum Gasteiger partial charge on any atom is -0.316 e. The van der Waals surface area contributed by atoms with Crippen molar-refractivity contribution in [3.8, 4) is 0 Å². The zero-order chi connectivity index (χ0) is 11.6. The maximum Gasteiger partial charge on any atom is 0.241 e. The summed E-state index contributed by atoms with van der Waals surface area (Å²) in [7, 11) is -3.39. The third kappa shape index (κ3) is 2.63. The summed E-state index contributed by atoms with van der Waals surface area (Å²) in [4.78, 5) is 0.294. The van der Waals surface area contributed by atoms with Crippen LogP contribution in [0.5, 0.6) is 0 Å². The predicted octanol–water partition coefficient (Wildman–Crippen LogP) is 0.947. The molecule has 16 heavy (non-hydrogen) atoms. The third-order valence-corrected chi connectivity index (χ3v) is 4.99.